The van der Waals surface area contributed by atoms with Gasteiger partial charge < -0.3 is 10.6 Å². The van der Waals surface area contributed by atoms with Crippen LogP contribution in [0.15, 0.2) is 42.5 Å². The summed E-state index contributed by atoms with van der Waals surface area (Å²) in [6, 6.07) is 8.27. The summed E-state index contributed by atoms with van der Waals surface area (Å²) in [6.07, 6.45) is 0.522. The molecule has 1 atom stereocenters. The molecule has 0 heterocycles. The molecule has 0 bridgehead atoms. The summed E-state index contributed by atoms with van der Waals surface area (Å²) in [5, 5.41) is 5.26. The van der Waals surface area contributed by atoms with Crippen molar-refractivity contribution in [2.75, 3.05) is 6.54 Å². The Morgan fingerprint density at radius 3 is 2.31 bits per heavy atom. The maximum Gasteiger partial charge on any atom is 0.254 e. The van der Waals surface area contributed by atoms with E-state index in [4.69, 9.17) is 0 Å². The van der Waals surface area contributed by atoms with Crippen LogP contribution in [-0.2, 0) is 4.79 Å². The molecule has 2 aromatic rings. The summed E-state index contributed by atoms with van der Waals surface area (Å²) in [6.45, 7) is 1.96. The third-order valence-electron chi connectivity index (χ3n) is 3.79. The molecule has 4 nitrogen and oxygen atoms in total. The van der Waals surface area contributed by atoms with Crippen LogP contribution in [0.25, 0.3) is 0 Å². The van der Waals surface area contributed by atoms with E-state index in [0.717, 1.165) is 17.7 Å². The number of hydrogen-bond acceptors (Lipinski definition) is 2. The zero-order valence-electron chi connectivity index (χ0n) is 14.2. The van der Waals surface area contributed by atoms with Gasteiger partial charge in [-0.1, -0.05) is 12.1 Å². The Balaban J connectivity index is 1.72. The molecule has 2 rings (SSSR count). The highest BCUT2D eigenvalue weighted by molar-refractivity contribution is 5.94. The zero-order valence-corrected chi connectivity index (χ0v) is 14.2. The van der Waals surface area contributed by atoms with E-state index in [9.17, 15) is 22.8 Å². The van der Waals surface area contributed by atoms with Crippen molar-refractivity contribution in [3.05, 3.63) is 71.0 Å². The number of carbonyl (C=O) groups is 2. The van der Waals surface area contributed by atoms with E-state index in [1.54, 1.807) is 19.1 Å². The lowest BCUT2D eigenvalue weighted by atomic mass is 10.1. The Kier molecular flexibility index (Phi) is 6.77. The number of rotatable bonds is 7. The predicted octanol–water partition coefficient (Wildman–Crippen LogP) is 3.49. The number of hydrogen-bond donors (Lipinski definition) is 2. The summed E-state index contributed by atoms with van der Waals surface area (Å²) < 4.78 is 39.2. The van der Waals surface area contributed by atoms with Gasteiger partial charge in [-0.2, -0.15) is 0 Å². The molecule has 26 heavy (non-hydrogen) atoms. The van der Waals surface area contributed by atoms with E-state index in [2.05, 4.69) is 10.6 Å². The number of benzene rings is 2. The molecule has 1 unspecified atom stereocenters. The first kappa shape index (κ1) is 19.5. The van der Waals surface area contributed by atoms with Crippen LogP contribution in [-0.4, -0.2) is 18.4 Å². The van der Waals surface area contributed by atoms with Crippen LogP contribution in [0.4, 0.5) is 13.2 Å². The summed E-state index contributed by atoms with van der Waals surface area (Å²) in [5.41, 5.74) is 0.528. The van der Waals surface area contributed by atoms with Crippen LogP contribution in [0.5, 0.6) is 0 Å². The molecular weight excluding hydrogens is 345 g/mol. The minimum atomic E-state index is -0.937. The quantitative estimate of drug-likeness (QED) is 0.739. The minimum Gasteiger partial charge on any atom is -0.352 e. The van der Waals surface area contributed by atoms with Gasteiger partial charge in [0.1, 0.15) is 17.5 Å². The lowest BCUT2D eigenvalue weighted by Gasteiger charge is -2.14. The van der Waals surface area contributed by atoms with Crippen LogP contribution in [0.3, 0.4) is 0 Å². The first-order valence-electron chi connectivity index (χ1n) is 8.15. The zero-order chi connectivity index (χ0) is 19.1. The van der Waals surface area contributed by atoms with Gasteiger partial charge in [0.25, 0.3) is 5.91 Å². The Morgan fingerprint density at radius 1 is 1.00 bits per heavy atom. The van der Waals surface area contributed by atoms with Crippen molar-refractivity contribution in [3.8, 4) is 0 Å². The second-order valence-corrected chi connectivity index (χ2v) is 5.82. The molecule has 0 saturated carbocycles. The molecule has 2 N–H and O–H groups in total. The molecule has 0 aliphatic carbocycles. The summed E-state index contributed by atoms with van der Waals surface area (Å²) in [4.78, 5) is 23.7. The Bertz CT molecular complexity index is 779. The molecule has 0 aliphatic heterocycles. The van der Waals surface area contributed by atoms with Gasteiger partial charge in [0, 0.05) is 19.0 Å². The third kappa shape index (κ3) is 5.61. The Labute approximate surface area is 149 Å². The highest BCUT2D eigenvalue weighted by Gasteiger charge is 2.13. The lowest BCUT2D eigenvalue weighted by Crippen LogP contribution is -2.29. The Hall–Kier alpha value is -2.83. The standard InChI is InChI=1S/C19H19F3N2O2/c1-12(13-4-6-14(20)7-5-13)24-18(25)3-2-10-23-19(26)16-9-8-15(21)11-17(16)22/h4-9,11-12H,2-3,10H2,1H3,(H,23,26)(H,24,25). The largest absolute Gasteiger partial charge is 0.352 e. The lowest BCUT2D eigenvalue weighted by molar-refractivity contribution is -0.121. The van der Waals surface area contributed by atoms with Crippen molar-refractivity contribution in [2.24, 2.45) is 0 Å². The molecule has 0 saturated heterocycles. The number of nitrogens with one attached hydrogen (secondary N) is 2. The second kappa shape index (κ2) is 9.03. The first-order chi connectivity index (χ1) is 12.4. The van der Waals surface area contributed by atoms with Crippen LogP contribution in [0.2, 0.25) is 0 Å². The van der Waals surface area contributed by atoms with Gasteiger partial charge in [-0.25, -0.2) is 13.2 Å². The number of halogens is 3. The van der Waals surface area contributed by atoms with Crippen LogP contribution >= 0.6 is 0 Å². The molecule has 0 spiro atoms. The molecule has 7 heteroatoms. The van der Waals surface area contributed by atoms with Crippen LogP contribution in [0, 0.1) is 17.5 Å². The van der Waals surface area contributed by atoms with Crippen molar-refractivity contribution >= 4 is 11.8 Å². The predicted molar refractivity (Wildman–Crippen MR) is 90.9 cm³/mol. The maximum atomic E-state index is 13.5. The average Bonchev–Trinajstić information content (AvgIpc) is 2.59. The molecule has 2 aromatic carbocycles. The van der Waals surface area contributed by atoms with Gasteiger partial charge in [0.15, 0.2) is 0 Å². The summed E-state index contributed by atoms with van der Waals surface area (Å²) in [5.74, 6) is -2.92. The van der Waals surface area contributed by atoms with Crippen molar-refractivity contribution in [3.63, 3.8) is 0 Å². The van der Waals surface area contributed by atoms with Crippen molar-refractivity contribution in [2.45, 2.75) is 25.8 Å². The smallest absolute Gasteiger partial charge is 0.254 e. The van der Waals surface area contributed by atoms with E-state index >= 15 is 0 Å². The van der Waals surface area contributed by atoms with E-state index in [1.807, 2.05) is 0 Å². The second-order valence-electron chi connectivity index (χ2n) is 5.82. The SMILES string of the molecule is CC(NC(=O)CCCNC(=O)c1ccc(F)cc1F)c1ccc(F)cc1. The topological polar surface area (TPSA) is 58.2 Å². The van der Waals surface area contributed by atoms with Gasteiger partial charge in [-0.15, -0.1) is 0 Å². The molecule has 2 amide bonds. The fourth-order valence-corrected chi connectivity index (χ4v) is 2.37. The van der Waals surface area contributed by atoms with Gasteiger partial charge in [-0.3, -0.25) is 9.59 Å². The fourth-order valence-electron chi connectivity index (χ4n) is 2.37. The maximum absolute atomic E-state index is 13.5. The summed E-state index contributed by atoms with van der Waals surface area (Å²) >= 11 is 0. The van der Waals surface area contributed by atoms with E-state index in [0.29, 0.717) is 12.5 Å². The monoisotopic (exact) mass is 364 g/mol. The molecule has 0 fully saturated rings. The minimum absolute atomic E-state index is 0.164. The number of carbonyl (C=O) groups excluding carboxylic acids is 2. The van der Waals surface area contributed by atoms with Crippen LogP contribution in [0.1, 0.15) is 41.7 Å². The van der Waals surface area contributed by atoms with Gasteiger partial charge in [0.2, 0.25) is 5.91 Å². The van der Waals surface area contributed by atoms with Gasteiger partial charge in [-0.05, 0) is 43.2 Å². The van der Waals surface area contributed by atoms with Gasteiger partial charge in [0.05, 0.1) is 11.6 Å². The Morgan fingerprint density at radius 2 is 1.65 bits per heavy atom. The van der Waals surface area contributed by atoms with E-state index in [-0.39, 0.29) is 36.3 Å². The van der Waals surface area contributed by atoms with Crippen LogP contribution < -0.4 is 10.6 Å². The summed E-state index contributed by atoms with van der Waals surface area (Å²) in [7, 11) is 0. The van der Waals surface area contributed by atoms with E-state index in [1.165, 1.54) is 12.1 Å². The molecule has 138 valence electrons. The van der Waals surface area contributed by atoms with Gasteiger partial charge >= 0.3 is 0 Å². The highest BCUT2D eigenvalue weighted by Crippen LogP contribution is 2.13. The third-order valence-corrected chi connectivity index (χ3v) is 3.79. The first-order valence-corrected chi connectivity index (χ1v) is 8.15. The molecule has 0 radical (unpaired) electrons. The highest BCUT2D eigenvalue weighted by atomic mass is 19.1. The normalized spacial score (nSPS) is 11.7. The molecule has 0 aliphatic rings. The van der Waals surface area contributed by atoms with Crippen molar-refractivity contribution in [1.82, 2.24) is 10.6 Å². The molecular formula is C19H19F3N2O2. The number of amides is 2. The van der Waals surface area contributed by atoms with Crippen molar-refractivity contribution in [1.29, 1.82) is 0 Å². The van der Waals surface area contributed by atoms with Crippen molar-refractivity contribution < 1.29 is 22.8 Å². The molecule has 0 aromatic heterocycles. The average molecular weight is 364 g/mol. The van der Waals surface area contributed by atoms with E-state index < -0.39 is 17.5 Å². The fraction of sp³-hybridized carbons (Fsp3) is 0.263.